The number of rotatable bonds is 3. The summed E-state index contributed by atoms with van der Waals surface area (Å²) < 4.78 is 0. The molecule has 0 bridgehead atoms. The van der Waals surface area contributed by atoms with Crippen LogP contribution in [0.4, 0.5) is 0 Å². The average molecular weight is 278 g/mol. The van der Waals surface area contributed by atoms with Gasteiger partial charge in [-0.1, -0.05) is 32.9 Å². The highest BCUT2D eigenvalue weighted by atomic mass is 16.2. The van der Waals surface area contributed by atoms with Gasteiger partial charge in [-0.15, -0.1) is 0 Å². The summed E-state index contributed by atoms with van der Waals surface area (Å²) in [5.41, 5.74) is -0.954. The lowest BCUT2D eigenvalue weighted by Crippen LogP contribution is -2.72. The number of carbonyl (C=O) groups excluding carboxylic acids is 2. The Bertz CT molecular complexity index is 446. The van der Waals surface area contributed by atoms with Crippen molar-refractivity contribution in [1.82, 2.24) is 10.2 Å². The molecule has 1 aliphatic carbocycles. The van der Waals surface area contributed by atoms with Gasteiger partial charge in [0.25, 0.3) is 0 Å². The summed E-state index contributed by atoms with van der Waals surface area (Å²) in [6, 6.07) is -0.438. The summed E-state index contributed by atoms with van der Waals surface area (Å²) in [5, 5.41) is 2.97. The first-order valence-corrected chi connectivity index (χ1v) is 7.46. The van der Waals surface area contributed by atoms with Crippen molar-refractivity contribution in [2.24, 2.45) is 11.3 Å². The molecule has 1 saturated heterocycles. The zero-order chi connectivity index (χ0) is 15.1. The molecular weight excluding hydrogens is 252 g/mol. The molecule has 0 radical (unpaired) electrons. The molecule has 20 heavy (non-hydrogen) atoms. The number of hydrogen-bond donors (Lipinski definition) is 1. The maximum absolute atomic E-state index is 12.8. The van der Waals surface area contributed by atoms with Gasteiger partial charge in [0, 0.05) is 6.54 Å². The normalized spacial score (nSPS) is 31.9. The van der Waals surface area contributed by atoms with Gasteiger partial charge in [0.2, 0.25) is 11.8 Å². The smallest absolute Gasteiger partial charge is 0.246 e. The molecule has 2 atom stereocenters. The van der Waals surface area contributed by atoms with E-state index in [1.54, 1.807) is 4.90 Å². The first kappa shape index (κ1) is 15.1. The first-order valence-electron chi connectivity index (χ1n) is 7.46. The van der Waals surface area contributed by atoms with E-state index in [9.17, 15) is 9.59 Å². The molecule has 2 fully saturated rings. The second kappa shape index (κ2) is 4.90. The molecule has 0 spiro atoms. The van der Waals surface area contributed by atoms with Crippen LogP contribution in [-0.2, 0) is 9.59 Å². The summed E-state index contributed by atoms with van der Waals surface area (Å²) in [5.74, 6) is 0.353. The Labute approximate surface area is 121 Å². The average Bonchev–Trinajstić information content (AvgIpc) is 3.16. The number of piperazine rings is 1. The van der Waals surface area contributed by atoms with E-state index in [2.05, 4.69) is 5.32 Å². The van der Waals surface area contributed by atoms with Crippen molar-refractivity contribution >= 4 is 11.8 Å². The molecule has 0 aromatic heterocycles. The van der Waals surface area contributed by atoms with E-state index in [0.29, 0.717) is 12.5 Å². The molecule has 0 aromatic rings. The molecule has 2 amide bonds. The molecule has 1 saturated carbocycles. The van der Waals surface area contributed by atoms with E-state index >= 15 is 0 Å². The predicted molar refractivity (Wildman–Crippen MR) is 79.0 cm³/mol. The zero-order valence-corrected chi connectivity index (χ0v) is 13.2. The highest BCUT2D eigenvalue weighted by molar-refractivity contribution is 6.00. The number of nitrogens with one attached hydrogen (secondary N) is 1. The number of hydrogen-bond acceptors (Lipinski definition) is 2. The molecule has 2 aliphatic rings. The van der Waals surface area contributed by atoms with E-state index < -0.39 is 11.6 Å². The fourth-order valence-electron chi connectivity index (χ4n) is 2.97. The largest absolute Gasteiger partial charge is 0.342 e. The van der Waals surface area contributed by atoms with Crippen LogP contribution in [0.2, 0.25) is 0 Å². The number of allylic oxidation sites excluding steroid dienone is 1. The number of amides is 2. The van der Waals surface area contributed by atoms with Gasteiger partial charge in [0.15, 0.2) is 0 Å². The van der Waals surface area contributed by atoms with Crippen LogP contribution in [0.3, 0.4) is 0 Å². The Kier molecular flexibility index (Phi) is 3.69. The second-order valence-electron chi connectivity index (χ2n) is 7.21. The minimum Gasteiger partial charge on any atom is -0.342 e. The summed E-state index contributed by atoms with van der Waals surface area (Å²) in [6.45, 7) is 10.3. The Morgan fingerprint density at radius 1 is 1.35 bits per heavy atom. The molecule has 2 rings (SSSR count). The third-order valence-electron chi connectivity index (χ3n) is 4.57. The predicted octanol–water partition coefficient (Wildman–Crippen LogP) is 2.10. The molecular formula is C16H26N2O2. The molecule has 1 N–H and O–H groups in total. The summed E-state index contributed by atoms with van der Waals surface area (Å²) in [7, 11) is 0. The van der Waals surface area contributed by atoms with E-state index in [1.807, 2.05) is 46.8 Å². The van der Waals surface area contributed by atoms with Gasteiger partial charge in [-0.05, 0) is 38.0 Å². The second-order valence-corrected chi connectivity index (χ2v) is 7.21. The molecule has 0 aromatic carbocycles. The highest BCUT2D eigenvalue weighted by Gasteiger charge is 2.58. The van der Waals surface area contributed by atoms with Gasteiger partial charge in [-0.25, -0.2) is 0 Å². The van der Waals surface area contributed by atoms with Crippen molar-refractivity contribution < 1.29 is 9.59 Å². The van der Waals surface area contributed by atoms with E-state index in [0.717, 1.165) is 12.8 Å². The van der Waals surface area contributed by atoms with Crippen LogP contribution >= 0.6 is 0 Å². The van der Waals surface area contributed by atoms with Crippen LogP contribution in [0, 0.1) is 11.3 Å². The van der Waals surface area contributed by atoms with Gasteiger partial charge >= 0.3 is 0 Å². The molecule has 2 unspecified atom stereocenters. The zero-order valence-electron chi connectivity index (χ0n) is 13.2. The van der Waals surface area contributed by atoms with Crippen LogP contribution in [-0.4, -0.2) is 34.8 Å². The summed E-state index contributed by atoms with van der Waals surface area (Å²) in [4.78, 5) is 27.3. The SMILES string of the molecule is C/C=C/CN1C(=O)C(C(C)(C)C)NC(=O)C1(C)C1CC1. The maximum Gasteiger partial charge on any atom is 0.246 e. The number of carbonyl (C=O) groups is 2. The fourth-order valence-corrected chi connectivity index (χ4v) is 2.97. The minimum atomic E-state index is -0.682. The van der Waals surface area contributed by atoms with Gasteiger partial charge in [-0.3, -0.25) is 9.59 Å². The molecule has 4 nitrogen and oxygen atoms in total. The quantitative estimate of drug-likeness (QED) is 0.804. The Balaban J connectivity index is 2.36. The summed E-state index contributed by atoms with van der Waals surface area (Å²) >= 11 is 0. The van der Waals surface area contributed by atoms with E-state index in [4.69, 9.17) is 0 Å². The topological polar surface area (TPSA) is 49.4 Å². The minimum absolute atomic E-state index is 0.00373. The van der Waals surface area contributed by atoms with Gasteiger partial charge in [-0.2, -0.15) is 0 Å². The van der Waals surface area contributed by atoms with Gasteiger partial charge in [0.1, 0.15) is 11.6 Å². The third-order valence-corrected chi connectivity index (χ3v) is 4.57. The van der Waals surface area contributed by atoms with Gasteiger partial charge in [0.05, 0.1) is 0 Å². The van der Waals surface area contributed by atoms with Gasteiger partial charge < -0.3 is 10.2 Å². The van der Waals surface area contributed by atoms with E-state index in [1.165, 1.54) is 0 Å². The van der Waals surface area contributed by atoms with Crippen LogP contribution in [0.15, 0.2) is 12.2 Å². The lowest BCUT2D eigenvalue weighted by Gasteiger charge is -2.49. The van der Waals surface area contributed by atoms with Crippen LogP contribution in [0.1, 0.15) is 47.5 Å². The molecule has 4 heteroatoms. The fraction of sp³-hybridized carbons (Fsp3) is 0.750. The van der Waals surface area contributed by atoms with Crippen molar-refractivity contribution in [2.45, 2.75) is 59.0 Å². The maximum atomic E-state index is 12.8. The Morgan fingerprint density at radius 3 is 2.40 bits per heavy atom. The van der Waals surface area contributed by atoms with Crippen LogP contribution in [0.5, 0.6) is 0 Å². The molecule has 112 valence electrons. The van der Waals surface area contributed by atoms with Crippen molar-refractivity contribution in [3.8, 4) is 0 Å². The Hall–Kier alpha value is -1.32. The lowest BCUT2D eigenvalue weighted by molar-refractivity contribution is -0.160. The Morgan fingerprint density at radius 2 is 1.95 bits per heavy atom. The highest BCUT2D eigenvalue weighted by Crippen LogP contribution is 2.45. The third kappa shape index (κ3) is 2.36. The summed E-state index contributed by atoms with van der Waals surface area (Å²) in [6.07, 6.45) is 5.95. The van der Waals surface area contributed by atoms with Crippen LogP contribution < -0.4 is 5.32 Å². The molecule has 1 aliphatic heterocycles. The van der Waals surface area contributed by atoms with Crippen molar-refractivity contribution in [3.63, 3.8) is 0 Å². The van der Waals surface area contributed by atoms with E-state index in [-0.39, 0.29) is 17.2 Å². The van der Waals surface area contributed by atoms with Crippen molar-refractivity contribution in [2.75, 3.05) is 6.54 Å². The number of nitrogens with zero attached hydrogens (tertiary/aromatic N) is 1. The van der Waals surface area contributed by atoms with Crippen LogP contribution in [0.25, 0.3) is 0 Å². The lowest BCUT2D eigenvalue weighted by atomic mass is 9.80. The first-order chi connectivity index (χ1) is 9.22. The standard InChI is InChI=1S/C16H26N2O2/c1-6-7-10-18-13(19)12(15(2,3)4)17-14(20)16(18,5)11-8-9-11/h6-7,11-12H,8-10H2,1-5H3,(H,17,20)/b7-6+. The van der Waals surface area contributed by atoms with Crippen molar-refractivity contribution in [1.29, 1.82) is 0 Å². The van der Waals surface area contributed by atoms with Crippen molar-refractivity contribution in [3.05, 3.63) is 12.2 Å². The monoisotopic (exact) mass is 278 g/mol. The molecule has 1 heterocycles.